The zero-order chi connectivity index (χ0) is 19.4. The molecule has 0 saturated heterocycles. The minimum absolute atomic E-state index is 0.108. The van der Waals surface area contributed by atoms with Crippen molar-refractivity contribution < 1.29 is 10.2 Å². The number of hydrogen-bond donors (Lipinski definition) is 2. The van der Waals surface area contributed by atoms with Gasteiger partial charge in [0.25, 0.3) is 0 Å². The van der Waals surface area contributed by atoms with Crippen molar-refractivity contribution in [1.82, 2.24) is 0 Å². The molecule has 27 heavy (non-hydrogen) atoms. The lowest BCUT2D eigenvalue weighted by Crippen LogP contribution is -2.38. The molecule has 2 N–H and O–H groups in total. The summed E-state index contributed by atoms with van der Waals surface area (Å²) in [5.74, 6) is 0.108. The van der Waals surface area contributed by atoms with E-state index in [1.807, 2.05) is 67.6 Å². The molecule has 3 aromatic carbocycles. The van der Waals surface area contributed by atoms with Gasteiger partial charge in [0, 0.05) is 16.3 Å². The lowest BCUT2D eigenvalue weighted by Gasteiger charge is -2.33. The van der Waals surface area contributed by atoms with Crippen molar-refractivity contribution in [2.24, 2.45) is 4.99 Å². The van der Waals surface area contributed by atoms with Gasteiger partial charge in [-0.05, 0) is 46.1 Å². The highest BCUT2D eigenvalue weighted by Crippen LogP contribution is 2.35. The number of aliphatic imine (C=N–C) groups is 1. The smallest absolute Gasteiger partial charge is 0.138 e. The monoisotopic (exact) mass is 487 g/mol. The average Bonchev–Trinajstić information content (AvgIpc) is 2.70. The van der Waals surface area contributed by atoms with E-state index >= 15 is 0 Å². The molecule has 0 aromatic heterocycles. The first-order valence-electron chi connectivity index (χ1n) is 8.47. The van der Waals surface area contributed by atoms with E-state index in [1.165, 1.54) is 0 Å². The molecule has 3 aromatic rings. The molecule has 0 saturated carbocycles. The number of hydrogen-bond acceptors (Lipinski definition) is 3. The van der Waals surface area contributed by atoms with E-state index in [0.29, 0.717) is 10.0 Å². The van der Waals surface area contributed by atoms with Crippen molar-refractivity contribution in [3.8, 4) is 5.75 Å². The highest BCUT2D eigenvalue weighted by molar-refractivity contribution is 9.11. The lowest BCUT2D eigenvalue weighted by molar-refractivity contribution is 0.0589. The fourth-order valence-corrected chi connectivity index (χ4v) is 4.28. The Morgan fingerprint density at radius 3 is 1.96 bits per heavy atom. The first kappa shape index (κ1) is 19.8. The van der Waals surface area contributed by atoms with E-state index in [-0.39, 0.29) is 5.75 Å². The fourth-order valence-electron chi connectivity index (χ4n) is 3.02. The zero-order valence-electron chi connectivity index (χ0n) is 14.7. The number of halogens is 2. The molecule has 0 heterocycles. The predicted molar refractivity (Wildman–Crippen MR) is 116 cm³/mol. The molecule has 5 heteroatoms. The van der Waals surface area contributed by atoms with Crippen molar-refractivity contribution in [3.05, 3.63) is 98.4 Å². The van der Waals surface area contributed by atoms with Crippen molar-refractivity contribution >= 4 is 38.1 Å². The van der Waals surface area contributed by atoms with E-state index in [2.05, 4.69) is 36.9 Å². The van der Waals surface area contributed by atoms with Gasteiger partial charge >= 0.3 is 0 Å². The normalized spacial score (nSPS) is 13.0. The first-order chi connectivity index (χ1) is 12.9. The molecular formula is C22H19Br2NO2. The number of phenolic OH excluding ortho intramolecular Hbond substituents is 1. The van der Waals surface area contributed by atoms with Gasteiger partial charge in [-0.3, -0.25) is 4.99 Å². The summed E-state index contributed by atoms with van der Waals surface area (Å²) in [7, 11) is 0. The molecule has 1 atom stereocenters. The van der Waals surface area contributed by atoms with Crippen LogP contribution in [0.25, 0.3) is 0 Å². The maximum Gasteiger partial charge on any atom is 0.138 e. The summed E-state index contributed by atoms with van der Waals surface area (Å²) in [4.78, 5) is 4.59. The maximum absolute atomic E-state index is 11.7. The van der Waals surface area contributed by atoms with Crippen molar-refractivity contribution in [2.75, 3.05) is 0 Å². The van der Waals surface area contributed by atoms with E-state index in [0.717, 1.165) is 15.6 Å². The van der Waals surface area contributed by atoms with Gasteiger partial charge in [0.15, 0.2) is 0 Å². The molecule has 0 bridgehead atoms. The molecule has 3 nitrogen and oxygen atoms in total. The Hall–Kier alpha value is -1.95. The Morgan fingerprint density at radius 1 is 0.926 bits per heavy atom. The Bertz CT molecular complexity index is 904. The molecule has 0 aliphatic rings. The largest absolute Gasteiger partial charge is 0.506 e. The van der Waals surface area contributed by atoms with Gasteiger partial charge in [0.1, 0.15) is 11.4 Å². The van der Waals surface area contributed by atoms with Crippen LogP contribution in [0.4, 0.5) is 0 Å². The second-order valence-corrected chi connectivity index (χ2v) is 8.05. The molecule has 0 aliphatic carbocycles. The number of aromatic hydroxyl groups is 1. The Labute approximate surface area is 175 Å². The van der Waals surface area contributed by atoms with Gasteiger partial charge in [-0.25, -0.2) is 0 Å². The summed E-state index contributed by atoms with van der Waals surface area (Å²) in [6.45, 7) is 1.86. The number of benzene rings is 3. The van der Waals surface area contributed by atoms with Crippen LogP contribution in [0.5, 0.6) is 5.75 Å². The van der Waals surface area contributed by atoms with E-state index < -0.39 is 11.6 Å². The number of phenols is 1. The minimum Gasteiger partial charge on any atom is -0.506 e. The minimum atomic E-state index is -1.29. The van der Waals surface area contributed by atoms with Crippen molar-refractivity contribution in [3.63, 3.8) is 0 Å². The summed E-state index contributed by atoms with van der Waals surface area (Å²) in [5, 5.41) is 21.9. The van der Waals surface area contributed by atoms with Gasteiger partial charge in [0.2, 0.25) is 0 Å². The molecule has 0 radical (unpaired) electrons. The van der Waals surface area contributed by atoms with Gasteiger partial charge in [-0.2, -0.15) is 0 Å². The van der Waals surface area contributed by atoms with E-state index in [4.69, 9.17) is 0 Å². The van der Waals surface area contributed by atoms with Crippen LogP contribution in [0, 0.1) is 0 Å². The van der Waals surface area contributed by atoms with Crippen LogP contribution in [0.2, 0.25) is 0 Å². The standard InChI is InChI=1S/C22H19Br2NO2/c1-15(25-14-16-12-19(23)13-20(24)21(16)26)22(27,17-8-4-2-5-9-17)18-10-6-3-7-11-18/h2-15,26-27H,1H3/t15-/m1/s1. The first-order valence-corrected chi connectivity index (χ1v) is 10.1. The second-order valence-electron chi connectivity index (χ2n) is 6.28. The summed E-state index contributed by atoms with van der Waals surface area (Å²) in [6.07, 6.45) is 1.59. The molecule has 3 rings (SSSR count). The van der Waals surface area contributed by atoms with Crippen LogP contribution >= 0.6 is 31.9 Å². The quantitative estimate of drug-likeness (QED) is 0.455. The second kappa shape index (κ2) is 8.38. The third-order valence-electron chi connectivity index (χ3n) is 4.53. The Kier molecular flexibility index (Phi) is 6.15. The Balaban J connectivity index is 2.04. The number of aliphatic hydroxyl groups is 1. The SMILES string of the molecule is C[C@@H](N=Cc1cc(Br)cc(Br)c1O)C(O)(c1ccccc1)c1ccccc1. The molecule has 0 aliphatic heterocycles. The van der Waals surface area contributed by atoms with Crippen molar-refractivity contribution in [2.45, 2.75) is 18.6 Å². The molecular weight excluding hydrogens is 470 g/mol. The third-order valence-corrected chi connectivity index (χ3v) is 5.59. The maximum atomic E-state index is 11.7. The molecule has 0 amide bonds. The molecule has 0 fully saturated rings. The van der Waals surface area contributed by atoms with Crippen molar-refractivity contribution in [1.29, 1.82) is 0 Å². The lowest BCUT2D eigenvalue weighted by atomic mass is 9.81. The van der Waals surface area contributed by atoms with Gasteiger partial charge in [0.05, 0.1) is 10.5 Å². The number of nitrogens with zero attached hydrogens (tertiary/aromatic N) is 1. The zero-order valence-corrected chi connectivity index (χ0v) is 17.9. The van der Waals surface area contributed by atoms with Crippen LogP contribution < -0.4 is 0 Å². The summed E-state index contributed by atoms with van der Waals surface area (Å²) in [5.41, 5.74) is 0.797. The third kappa shape index (κ3) is 4.15. The Morgan fingerprint density at radius 2 is 1.44 bits per heavy atom. The van der Waals surface area contributed by atoms with Crippen LogP contribution in [0.3, 0.4) is 0 Å². The highest BCUT2D eigenvalue weighted by atomic mass is 79.9. The molecule has 0 spiro atoms. The molecule has 0 unspecified atom stereocenters. The summed E-state index contributed by atoms with van der Waals surface area (Å²) < 4.78 is 1.40. The van der Waals surface area contributed by atoms with Crippen LogP contribution in [-0.4, -0.2) is 22.5 Å². The fraction of sp³-hybridized carbons (Fsp3) is 0.136. The average molecular weight is 489 g/mol. The van der Waals surface area contributed by atoms with Crippen LogP contribution in [0.15, 0.2) is 86.7 Å². The summed E-state index contributed by atoms with van der Waals surface area (Å²) >= 11 is 6.74. The van der Waals surface area contributed by atoms with E-state index in [9.17, 15) is 10.2 Å². The van der Waals surface area contributed by atoms with Crippen LogP contribution in [-0.2, 0) is 5.60 Å². The number of rotatable bonds is 5. The van der Waals surface area contributed by atoms with Crippen LogP contribution in [0.1, 0.15) is 23.6 Å². The summed E-state index contributed by atoms with van der Waals surface area (Å²) in [6, 6.07) is 22.1. The topological polar surface area (TPSA) is 52.8 Å². The highest BCUT2D eigenvalue weighted by Gasteiger charge is 2.37. The molecule has 138 valence electrons. The van der Waals surface area contributed by atoms with Gasteiger partial charge in [-0.15, -0.1) is 0 Å². The van der Waals surface area contributed by atoms with Gasteiger partial charge in [-0.1, -0.05) is 76.6 Å². The van der Waals surface area contributed by atoms with E-state index in [1.54, 1.807) is 18.3 Å². The van der Waals surface area contributed by atoms with Gasteiger partial charge < -0.3 is 10.2 Å². The predicted octanol–water partition coefficient (Wildman–Crippen LogP) is 5.66.